The first kappa shape index (κ1) is 11.2. The van der Waals surface area contributed by atoms with Crippen LogP contribution in [0, 0.1) is 11.6 Å². The molecule has 0 fully saturated rings. The summed E-state index contributed by atoms with van der Waals surface area (Å²) < 4.78 is 27.5. The van der Waals surface area contributed by atoms with Crippen LogP contribution in [0.4, 0.5) is 8.78 Å². The quantitative estimate of drug-likeness (QED) is 0.757. The second-order valence-electron chi connectivity index (χ2n) is 3.27. The first-order chi connectivity index (χ1) is 7.56. The maximum Gasteiger partial charge on any atom is 0.244 e. The van der Waals surface area contributed by atoms with Gasteiger partial charge >= 0.3 is 0 Å². The Morgan fingerprint density at radius 2 is 2.19 bits per heavy atom. The minimum atomic E-state index is -1.05. The lowest BCUT2D eigenvalue weighted by Crippen LogP contribution is -2.08. The molecule has 6 heteroatoms. The lowest BCUT2D eigenvalue weighted by Gasteiger charge is -1.98. The maximum atomic E-state index is 13.6. The molecule has 0 atom stereocenters. The minimum Gasteiger partial charge on any atom is -0.273 e. The molecule has 0 radical (unpaired) electrons. The molecular weight excluding hydrogens is 282 g/mol. The molecule has 0 aliphatic carbocycles. The Bertz CT molecular complexity index is 580. The fourth-order valence-corrected chi connectivity index (χ4v) is 1.95. The fraction of sp³-hybridized carbons (Fsp3) is 0.200. The van der Waals surface area contributed by atoms with E-state index in [2.05, 4.69) is 21.0 Å². The van der Waals surface area contributed by atoms with Gasteiger partial charge in [0.2, 0.25) is 5.91 Å². The van der Waals surface area contributed by atoms with Crippen LogP contribution >= 0.6 is 15.9 Å². The third kappa shape index (κ3) is 1.53. The molecule has 1 aromatic carbocycles. The molecule has 0 N–H and O–H groups in total. The van der Waals surface area contributed by atoms with E-state index in [0.29, 0.717) is 16.4 Å². The van der Waals surface area contributed by atoms with Crippen LogP contribution in [-0.2, 0) is 5.33 Å². The molecular formula is C10H7BrF2N2O. The summed E-state index contributed by atoms with van der Waals surface area (Å²) in [5.41, 5.74) is 0.394. The molecule has 0 aliphatic rings. The number of rotatable bonds is 1. The molecule has 16 heavy (non-hydrogen) atoms. The summed E-state index contributed by atoms with van der Waals surface area (Å²) in [4.78, 5) is 11.2. The van der Waals surface area contributed by atoms with Gasteiger partial charge in [-0.05, 0) is 12.1 Å². The molecule has 1 heterocycles. The molecule has 0 amide bonds. The first-order valence-electron chi connectivity index (χ1n) is 4.48. The first-order valence-corrected chi connectivity index (χ1v) is 5.61. The number of carbonyl (C=O) groups is 1. The number of fused-ring (bicyclic) bond motifs is 1. The highest BCUT2D eigenvalue weighted by molar-refractivity contribution is 9.08. The van der Waals surface area contributed by atoms with Crippen molar-refractivity contribution in [3.8, 4) is 0 Å². The third-order valence-electron chi connectivity index (χ3n) is 2.24. The van der Waals surface area contributed by atoms with E-state index in [1.54, 1.807) is 0 Å². The highest BCUT2D eigenvalue weighted by atomic mass is 79.9. The van der Waals surface area contributed by atoms with Crippen LogP contribution in [0.2, 0.25) is 0 Å². The standard InChI is InChI=1S/C10H7BrF2N2O/c1-5(16)15-10-6(8(4-11)14-15)2-3-7(12)9(10)13/h2-3H,4H2,1H3. The van der Waals surface area contributed by atoms with E-state index < -0.39 is 17.5 Å². The predicted octanol–water partition coefficient (Wildman–Crippen LogP) is 2.87. The van der Waals surface area contributed by atoms with Gasteiger partial charge in [-0.3, -0.25) is 4.79 Å². The van der Waals surface area contributed by atoms with Crippen molar-refractivity contribution >= 4 is 32.7 Å². The lowest BCUT2D eigenvalue weighted by molar-refractivity contribution is 0.0925. The summed E-state index contributed by atoms with van der Waals surface area (Å²) in [7, 11) is 0. The van der Waals surface area contributed by atoms with E-state index in [9.17, 15) is 13.6 Å². The van der Waals surface area contributed by atoms with Crippen molar-refractivity contribution in [2.75, 3.05) is 0 Å². The number of benzene rings is 1. The second kappa shape index (κ2) is 3.93. The Labute approximate surface area is 98.2 Å². The monoisotopic (exact) mass is 288 g/mol. The number of halogens is 3. The van der Waals surface area contributed by atoms with Crippen molar-refractivity contribution in [1.82, 2.24) is 9.78 Å². The molecule has 2 aromatic rings. The number of carbonyl (C=O) groups excluding carboxylic acids is 1. The topological polar surface area (TPSA) is 34.9 Å². The van der Waals surface area contributed by atoms with Gasteiger partial charge in [-0.25, -0.2) is 8.78 Å². The van der Waals surface area contributed by atoms with Crippen molar-refractivity contribution < 1.29 is 13.6 Å². The van der Waals surface area contributed by atoms with Crippen molar-refractivity contribution in [1.29, 1.82) is 0 Å². The Balaban J connectivity index is 2.91. The molecule has 84 valence electrons. The zero-order chi connectivity index (χ0) is 11.9. The second-order valence-corrected chi connectivity index (χ2v) is 3.83. The molecule has 0 unspecified atom stereocenters. The maximum absolute atomic E-state index is 13.6. The summed E-state index contributed by atoms with van der Waals surface area (Å²) >= 11 is 3.18. The van der Waals surface area contributed by atoms with E-state index in [-0.39, 0.29) is 5.52 Å². The van der Waals surface area contributed by atoms with E-state index in [1.807, 2.05) is 0 Å². The van der Waals surface area contributed by atoms with Crippen LogP contribution in [0.3, 0.4) is 0 Å². The number of nitrogens with zero attached hydrogens (tertiary/aromatic N) is 2. The zero-order valence-corrected chi connectivity index (χ0v) is 9.88. The van der Waals surface area contributed by atoms with Gasteiger partial charge in [0.05, 0.1) is 5.69 Å². The van der Waals surface area contributed by atoms with Gasteiger partial charge in [-0.2, -0.15) is 9.78 Å². The summed E-state index contributed by atoms with van der Waals surface area (Å²) in [5, 5.41) is 4.73. The summed E-state index contributed by atoms with van der Waals surface area (Å²) in [5.74, 6) is -2.50. The fourth-order valence-electron chi connectivity index (χ4n) is 1.53. The number of hydrogen-bond acceptors (Lipinski definition) is 2. The summed E-state index contributed by atoms with van der Waals surface area (Å²) in [6.45, 7) is 1.24. The molecule has 3 nitrogen and oxygen atoms in total. The van der Waals surface area contributed by atoms with E-state index in [1.165, 1.54) is 13.0 Å². The van der Waals surface area contributed by atoms with Crippen LogP contribution in [0.25, 0.3) is 10.9 Å². The Morgan fingerprint density at radius 3 is 2.75 bits per heavy atom. The van der Waals surface area contributed by atoms with Gasteiger partial charge in [0.1, 0.15) is 5.52 Å². The van der Waals surface area contributed by atoms with E-state index >= 15 is 0 Å². The van der Waals surface area contributed by atoms with Crippen LogP contribution in [0.15, 0.2) is 12.1 Å². The number of alkyl halides is 1. The molecule has 0 saturated carbocycles. The predicted molar refractivity (Wildman–Crippen MR) is 58.6 cm³/mol. The average molecular weight is 289 g/mol. The molecule has 0 bridgehead atoms. The summed E-state index contributed by atoms with van der Waals surface area (Å²) in [6.07, 6.45) is 0. The van der Waals surface area contributed by atoms with E-state index in [0.717, 1.165) is 10.7 Å². The molecule has 2 rings (SSSR count). The summed E-state index contributed by atoms with van der Waals surface area (Å²) in [6, 6.07) is 2.44. The third-order valence-corrected chi connectivity index (χ3v) is 2.77. The lowest BCUT2D eigenvalue weighted by atomic mass is 10.2. The van der Waals surface area contributed by atoms with Gasteiger partial charge in [-0.1, -0.05) is 15.9 Å². The minimum absolute atomic E-state index is 0.109. The molecule has 0 spiro atoms. The van der Waals surface area contributed by atoms with Crippen molar-refractivity contribution in [3.63, 3.8) is 0 Å². The molecule has 1 aromatic heterocycles. The normalized spacial score (nSPS) is 11.0. The Morgan fingerprint density at radius 1 is 1.50 bits per heavy atom. The van der Waals surface area contributed by atoms with Crippen LogP contribution < -0.4 is 0 Å². The highest BCUT2D eigenvalue weighted by Gasteiger charge is 2.18. The van der Waals surface area contributed by atoms with Crippen LogP contribution in [-0.4, -0.2) is 15.7 Å². The highest BCUT2D eigenvalue weighted by Crippen LogP contribution is 2.24. The number of hydrogen-bond donors (Lipinski definition) is 0. The van der Waals surface area contributed by atoms with Crippen molar-refractivity contribution in [2.24, 2.45) is 0 Å². The number of aromatic nitrogens is 2. The van der Waals surface area contributed by atoms with Gasteiger partial charge in [0, 0.05) is 17.6 Å². The van der Waals surface area contributed by atoms with Gasteiger partial charge in [-0.15, -0.1) is 0 Å². The smallest absolute Gasteiger partial charge is 0.244 e. The van der Waals surface area contributed by atoms with E-state index in [4.69, 9.17) is 0 Å². The zero-order valence-electron chi connectivity index (χ0n) is 8.30. The SMILES string of the molecule is CC(=O)n1nc(CBr)c2ccc(F)c(F)c21. The van der Waals surface area contributed by atoms with Gasteiger partial charge in [0.25, 0.3) is 0 Å². The van der Waals surface area contributed by atoms with Crippen LogP contribution in [0.1, 0.15) is 17.4 Å². The van der Waals surface area contributed by atoms with Gasteiger partial charge < -0.3 is 0 Å². The largest absolute Gasteiger partial charge is 0.273 e. The van der Waals surface area contributed by atoms with Crippen molar-refractivity contribution in [2.45, 2.75) is 12.3 Å². The van der Waals surface area contributed by atoms with Gasteiger partial charge in [0.15, 0.2) is 11.6 Å². The molecule has 0 saturated heterocycles. The van der Waals surface area contributed by atoms with Crippen LogP contribution in [0.5, 0.6) is 0 Å². The Hall–Kier alpha value is -1.30. The molecule has 0 aliphatic heterocycles. The average Bonchev–Trinajstić information content (AvgIpc) is 2.62. The Kier molecular flexibility index (Phi) is 2.75. The van der Waals surface area contributed by atoms with Crippen molar-refractivity contribution in [3.05, 3.63) is 29.5 Å².